The van der Waals surface area contributed by atoms with Crippen molar-refractivity contribution >= 4 is 10.9 Å². The second kappa shape index (κ2) is 3.87. The van der Waals surface area contributed by atoms with Crippen LogP contribution >= 0.6 is 0 Å². The van der Waals surface area contributed by atoms with E-state index in [1.807, 2.05) is 0 Å². The third-order valence-electron chi connectivity index (χ3n) is 2.65. The number of aromatic hydroxyl groups is 1. The zero-order chi connectivity index (χ0) is 12.6. The van der Waals surface area contributed by atoms with Crippen molar-refractivity contribution in [2.45, 2.75) is 26.2 Å². The summed E-state index contributed by atoms with van der Waals surface area (Å²) in [4.78, 5) is 8.50. The van der Waals surface area contributed by atoms with Crippen LogP contribution in [0.1, 0.15) is 26.5 Å². The number of methoxy groups -OCH3 is 1. The average Bonchev–Trinajstić information content (AvgIpc) is 2.25. The number of hydrogen-bond donors (Lipinski definition) is 1. The van der Waals surface area contributed by atoms with E-state index >= 15 is 0 Å². The van der Waals surface area contributed by atoms with E-state index in [-0.39, 0.29) is 11.2 Å². The fraction of sp³-hybridized carbons (Fsp3) is 0.385. The molecular formula is C13H16N2O2. The molecule has 2 aromatic rings. The van der Waals surface area contributed by atoms with Crippen molar-refractivity contribution in [1.29, 1.82) is 0 Å². The predicted octanol–water partition coefficient (Wildman–Crippen LogP) is 2.64. The Labute approximate surface area is 100 Å². The van der Waals surface area contributed by atoms with Crippen LogP contribution in [-0.2, 0) is 5.41 Å². The standard InChI is InChI=1S/C13H16N2O2/c1-13(2,3)12-8-5-11(17-4)10(16)6-9(8)14-7-15-12/h5-7,16H,1-4H3. The van der Waals surface area contributed by atoms with Gasteiger partial charge in [-0.25, -0.2) is 9.97 Å². The van der Waals surface area contributed by atoms with E-state index in [4.69, 9.17) is 4.74 Å². The highest BCUT2D eigenvalue weighted by molar-refractivity contribution is 5.85. The van der Waals surface area contributed by atoms with Crippen molar-refractivity contribution in [3.05, 3.63) is 24.2 Å². The van der Waals surface area contributed by atoms with Gasteiger partial charge in [-0.05, 0) is 6.07 Å². The van der Waals surface area contributed by atoms with E-state index in [1.165, 1.54) is 13.4 Å². The SMILES string of the molecule is COc1cc2c(C(C)(C)C)ncnc2cc1O. The minimum Gasteiger partial charge on any atom is -0.504 e. The van der Waals surface area contributed by atoms with E-state index in [0.717, 1.165) is 16.6 Å². The molecule has 17 heavy (non-hydrogen) atoms. The van der Waals surface area contributed by atoms with Gasteiger partial charge < -0.3 is 9.84 Å². The summed E-state index contributed by atoms with van der Waals surface area (Å²) in [7, 11) is 1.53. The first-order valence-corrected chi connectivity index (χ1v) is 5.45. The van der Waals surface area contributed by atoms with Crippen molar-refractivity contribution in [2.24, 2.45) is 0 Å². The zero-order valence-electron chi connectivity index (χ0n) is 10.5. The summed E-state index contributed by atoms with van der Waals surface area (Å²) in [6, 6.07) is 3.39. The second-order valence-corrected chi connectivity index (χ2v) is 5.01. The van der Waals surface area contributed by atoms with Crippen molar-refractivity contribution in [2.75, 3.05) is 7.11 Å². The number of hydrogen-bond acceptors (Lipinski definition) is 4. The molecule has 0 bridgehead atoms. The Kier molecular flexibility index (Phi) is 2.65. The summed E-state index contributed by atoms with van der Waals surface area (Å²) < 4.78 is 5.12. The van der Waals surface area contributed by atoms with Crippen LogP contribution in [0.2, 0.25) is 0 Å². The van der Waals surface area contributed by atoms with Crippen LogP contribution in [-0.4, -0.2) is 22.2 Å². The van der Waals surface area contributed by atoms with Gasteiger partial charge in [0, 0.05) is 16.9 Å². The maximum atomic E-state index is 9.72. The normalized spacial score (nSPS) is 11.8. The van der Waals surface area contributed by atoms with Crippen LogP contribution in [0.15, 0.2) is 18.5 Å². The molecular weight excluding hydrogens is 216 g/mol. The number of phenols is 1. The van der Waals surface area contributed by atoms with Gasteiger partial charge in [0.15, 0.2) is 11.5 Å². The fourth-order valence-electron chi connectivity index (χ4n) is 1.83. The Hall–Kier alpha value is -1.84. The molecule has 1 aromatic carbocycles. The highest BCUT2D eigenvalue weighted by Crippen LogP contribution is 2.34. The van der Waals surface area contributed by atoms with Gasteiger partial charge in [0.25, 0.3) is 0 Å². The molecule has 0 aliphatic carbocycles. The molecule has 1 N–H and O–H groups in total. The van der Waals surface area contributed by atoms with Crippen molar-refractivity contribution in [3.63, 3.8) is 0 Å². The Morgan fingerprint density at radius 3 is 2.47 bits per heavy atom. The molecule has 0 atom stereocenters. The van der Waals surface area contributed by atoms with Crippen LogP contribution in [0.25, 0.3) is 10.9 Å². The number of nitrogens with zero attached hydrogens (tertiary/aromatic N) is 2. The summed E-state index contributed by atoms with van der Waals surface area (Å²) >= 11 is 0. The van der Waals surface area contributed by atoms with E-state index in [0.29, 0.717) is 5.75 Å². The first kappa shape index (κ1) is 11.6. The van der Waals surface area contributed by atoms with E-state index in [9.17, 15) is 5.11 Å². The minimum absolute atomic E-state index is 0.0802. The van der Waals surface area contributed by atoms with E-state index in [2.05, 4.69) is 30.7 Å². The van der Waals surface area contributed by atoms with Gasteiger partial charge in [-0.1, -0.05) is 20.8 Å². The first-order valence-electron chi connectivity index (χ1n) is 5.45. The van der Waals surface area contributed by atoms with Crippen LogP contribution < -0.4 is 4.74 Å². The summed E-state index contributed by atoms with van der Waals surface area (Å²) in [5.74, 6) is 0.538. The zero-order valence-corrected chi connectivity index (χ0v) is 10.5. The van der Waals surface area contributed by atoms with Gasteiger partial charge in [0.1, 0.15) is 6.33 Å². The lowest BCUT2D eigenvalue weighted by molar-refractivity contribution is 0.374. The Morgan fingerprint density at radius 1 is 1.18 bits per heavy atom. The summed E-state index contributed by atoms with van der Waals surface area (Å²) in [6.45, 7) is 6.27. The molecule has 0 amide bonds. The predicted molar refractivity (Wildman–Crippen MR) is 66.5 cm³/mol. The topological polar surface area (TPSA) is 55.2 Å². The van der Waals surface area contributed by atoms with Crippen molar-refractivity contribution in [1.82, 2.24) is 9.97 Å². The van der Waals surface area contributed by atoms with Gasteiger partial charge in [-0.2, -0.15) is 0 Å². The van der Waals surface area contributed by atoms with Crippen LogP contribution in [0.3, 0.4) is 0 Å². The van der Waals surface area contributed by atoms with Crippen molar-refractivity contribution in [3.8, 4) is 11.5 Å². The number of rotatable bonds is 1. The summed E-state index contributed by atoms with van der Waals surface area (Å²) in [5.41, 5.74) is 1.59. The third kappa shape index (κ3) is 2.02. The van der Waals surface area contributed by atoms with Gasteiger partial charge in [-0.15, -0.1) is 0 Å². The second-order valence-electron chi connectivity index (χ2n) is 5.01. The smallest absolute Gasteiger partial charge is 0.161 e. The minimum atomic E-state index is -0.0802. The van der Waals surface area contributed by atoms with Crippen LogP contribution in [0, 0.1) is 0 Å². The Balaban J connectivity index is 2.79. The molecule has 4 nitrogen and oxygen atoms in total. The molecule has 4 heteroatoms. The monoisotopic (exact) mass is 232 g/mol. The first-order chi connectivity index (χ1) is 7.93. The van der Waals surface area contributed by atoms with E-state index in [1.54, 1.807) is 12.1 Å². The molecule has 0 spiro atoms. The number of phenolic OH excluding ortho intramolecular Hbond substituents is 1. The molecule has 2 rings (SSSR count). The lowest BCUT2D eigenvalue weighted by Crippen LogP contribution is -2.14. The number of aromatic nitrogens is 2. The Bertz CT molecular complexity index is 559. The van der Waals surface area contributed by atoms with E-state index < -0.39 is 0 Å². The largest absolute Gasteiger partial charge is 0.504 e. The molecule has 0 fully saturated rings. The fourth-order valence-corrected chi connectivity index (χ4v) is 1.83. The number of fused-ring (bicyclic) bond motifs is 1. The van der Waals surface area contributed by atoms with Crippen LogP contribution in [0.4, 0.5) is 0 Å². The summed E-state index contributed by atoms with van der Waals surface area (Å²) in [5, 5.41) is 10.6. The average molecular weight is 232 g/mol. The van der Waals surface area contributed by atoms with Crippen molar-refractivity contribution < 1.29 is 9.84 Å². The van der Waals surface area contributed by atoms with Gasteiger partial charge in [0.05, 0.1) is 18.3 Å². The lowest BCUT2D eigenvalue weighted by Gasteiger charge is -2.19. The quantitative estimate of drug-likeness (QED) is 0.821. The number of ether oxygens (including phenoxy) is 1. The van der Waals surface area contributed by atoms with Gasteiger partial charge >= 0.3 is 0 Å². The molecule has 90 valence electrons. The van der Waals surface area contributed by atoms with Gasteiger partial charge in [-0.3, -0.25) is 0 Å². The molecule has 1 aromatic heterocycles. The van der Waals surface area contributed by atoms with Gasteiger partial charge in [0.2, 0.25) is 0 Å². The third-order valence-corrected chi connectivity index (χ3v) is 2.65. The molecule has 0 radical (unpaired) electrons. The summed E-state index contributed by atoms with van der Waals surface area (Å²) in [6.07, 6.45) is 1.52. The molecule has 1 heterocycles. The lowest BCUT2D eigenvalue weighted by atomic mass is 9.89. The molecule has 0 unspecified atom stereocenters. The molecule has 0 aliphatic rings. The highest BCUT2D eigenvalue weighted by atomic mass is 16.5. The Morgan fingerprint density at radius 2 is 1.88 bits per heavy atom. The molecule has 0 saturated heterocycles. The van der Waals surface area contributed by atoms with Crippen LogP contribution in [0.5, 0.6) is 11.5 Å². The molecule has 0 saturated carbocycles. The number of benzene rings is 1. The highest BCUT2D eigenvalue weighted by Gasteiger charge is 2.20. The molecule has 0 aliphatic heterocycles. The maximum absolute atomic E-state index is 9.72. The maximum Gasteiger partial charge on any atom is 0.161 e.